The van der Waals surface area contributed by atoms with Gasteiger partial charge in [-0.2, -0.15) is 0 Å². The number of hydrogen-bond acceptors (Lipinski definition) is 5. The Kier molecular flexibility index (Phi) is 5.31. The Bertz CT molecular complexity index is 910. The van der Waals surface area contributed by atoms with Gasteiger partial charge in [-0.25, -0.2) is 4.39 Å². The van der Waals surface area contributed by atoms with Crippen LogP contribution in [0.4, 0.5) is 4.39 Å². The first-order chi connectivity index (χ1) is 13.2. The summed E-state index contributed by atoms with van der Waals surface area (Å²) in [4.78, 5) is 17.8. The molecule has 5 nitrogen and oxygen atoms in total. The van der Waals surface area contributed by atoms with Crippen molar-refractivity contribution in [3.05, 3.63) is 65.0 Å². The van der Waals surface area contributed by atoms with Gasteiger partial charge < -0.3 is 9.42 Å². The van der Waals surface area contributed by atoms with Crippen LogP contribution in [-0.4, -0.2) is 47.0 Å². The molecular weight excluding hydrogens is 365 g/mol. The van der Waals surface area contributed by atoms with Crippen molar-refractivity contribution in [1.82, 2.24) is 15.0 Å². The van der Waals surface area contributed by atoms with Crippen molar-refractivity contribution in [3.63, 3.8) is 0 Å². The van der Waals surface area contributed by atoms with Gasteiger partial charge in [0, 0.05) is 38.8 Å². The van der Waals surface area contributed by atoms with Crippen molar-refractivity contribution >= 4 is 17.2 Å². The number of rotatable bonds is 4. The van der Waals surface area contributed by atoms with E-state index in [2.05, 4.69) is 10.1 Å². The predicted octanol–water partition coefficient (Wildman–Crippen LogP) is 3.89. The van der Waals surface area contributed by atoms with Crippen LogP contribution in [0.1, 0.15) is 22.5 Å². The largest absolute Gasteiger partial charge is 0.350 e. The second kappa shape index (κ2) is 8.02. The first-order valence-electron chi connectivity index (χ1n) is 8.96. The summed E-state index contributed by atoms with van der Waals surface area (Å²) in [6.45, 7) is 3.59. The zero-order chi connectivity index (χ0) is 18.6. The van der Waals surface area contributed by atoms with Crippen molar-refractivity contribution in [2.45, 2.75) is 13.0 Å². The molecule has 0 spiro atoms. The van der Waals surface area contributed by atoms with E-state index in [0.29, 0.717) is 25.3 Å². The number of aromatic nitrogens is 1. The summed E-state index contributed by atoms with van der Waals surface area (Å²) in [5, 5.41) is 5.98. The molecule has 0 atom stereocenters. The molecule has 0 aliphatic carbocycles. The Morgan fingerprint density at radius 2 is 2.07 bits per heavy atom. The molecule has 7 heteroatoms. The maximum absolute atomic E-state index is 13.4. The van der Waals surface area contributed by atoms with Gasteiger partial charge in [0.05, 0.1) is 4.88 Å². The van der Waals surface area contributed by atoms with Gasteiger partial charge in [-0.05, 0) is 35.6 Å². The van der Waals surface area contributed by atoms with E-state index < -0.39 is 0 Å². The highest BCUT2D eigenvalue weighted by molar-refractivity contribution is 7.13. The molecule has 1 fully saturated rings. The lowest BCUT2D eigenvalue weighted by Gasteiger charge is -2.21. The molecule has 2 aromatic heterocycles. The summed E-state index contributed by atoms with van der Waals surface area (Å²) >= 11 is 1.56. The second-order valence-corrected chi connectivity index (χ2v) is 7.55. The molecule has 1 amide bonds. The predicted molar refractivity (Wildman–Crippen MR) is 102 cm³/mol. The Morgan fingerprint density at radius 3 is 2.89 bits per heavy atom. The van der Waals surface area contributed by atoms with Crippen LogP contribution in [0.2, 0.25) is 0 Å². The van der Waals surface area contributed by atoms with Crippen LogP contribution in [0.5, 0.6) is 0 Å². The van der Waals surface area contributed by atoms with Crippen LogP contribution >= 0.6 is 11.3 Å². The molecule has 1 aliphatic rings. The minimum atomic E-state index is -0.217. The van der Waals surface area contributed by atoms with Gasteiger partial charge in [0.25, 0.3) is 5.91 Å². The zero-order valence-electron chi connectivity index (χ0n) is 14.8. The van der Waals surface area contributed by atoms with Crippen molar-refractivity contribution in [1.29, 1.82) is 0 Å². The normalized spacial score (nSPS) is 15.7. The number of halogens is 1. The monoisotopic (exact) mass is 385 g/mol. The van der Waals surface area contributed by atoms with Crippen LogP contribution in [0.3, 0.4) is 0 Å². The average molecular weight is 385 g/mol. The summed E-state index contributed by atoms with van der Waals surface area (Å²) in [7, 11) is 0. The van der Waals surface area contributed by atoms with E-state index in [0.717, 1.165) is 30.0 Å². The molecule has 1 aromatic carbocycles. The Labute approximate surface area is 161 Å². The minimum Gasteiger partial charge on any atom is -0.350 e. The van der Waals surface area contributed by atoms with Gasteiger partial charge in [-0.3, -0.25) is 9.69 Å². The number of amides is 1. The van der Waals surface area contributed by atoms with E-state index in [4.69, 9.17) is 4.52 Å². The standard InChI is InChI=1S/C20H20FN3O2S/c21-16-5-1-4-15(12-16)14-23-7-3-8-24(10-9-23)20(25)18-13-17(22-26-18)19-6-2-11-27-19/h1-2,4-6,11-13H,3,7-10,14H2. The van der Waals surface area contributed by atoms with E-state index in [1.54, 1.807) is 29.5 Å². The number of thiophene rings is 1. The highest BCUT2D eigenvalue weighted by atomic mass is 32.1. The number of nitrogens with zero attached hydrogens (tertiary/aromatic N) is 3. The van der Waals surface area contributed by atoms with Gasteiger partial charge in [-0.1, -0.05) is 23.4 Å². The van der Waals surface area contributed by atoms with Crippen LogP contribution in [-0.2, 0) is 6.54 Å². The molecule has 1 saturated heterocycles. The highest BCUT2D eigenvalue weighted by Crippen LogP contribution is 2.24. The topological polar surface area (TPSA) is 49.6 Å². The van der Waals surface area contributed by atoms with Crippen molar-refractivity contribution < 1.29 is 13.7 Å². The van der Waals surface area contributed by atoms with Crippen molar-refractivity contribution in [3.8, 4) is 10.6 Å². The first-order valence-corrected chi connectivity index (χ1v) is 9.84. The van der Waals surface area contributed by atoms with E-state index in [1.165, 1.54) is 6.07 Å². The van der Waals surface area contributed by atoms with Crippen LogP contribution in [0.15, 0.2) is 52.4 Å². The van der Waals surface area contributed by atoms with Crippen molar-refractivity contribution in [2.75, 3.05) is 26.2 Å². The summed E-state index contributed by atoms with van der Waals surface area (Å²) < 4.78 is 18.7. The van der Waals surface area contributed by atoms with Gasteiger partial charge in [0.2, 0.25) is 5.76 Å². The first kappa shape index (κ1) is 17.9. The Morgan fingerprint density at radius 1 is 1.15 bits per heavy atom. The molecule has 27 heavy (non-hydrogen) atoms. The summed E-state index contributed by atoms with van der Waals surface area (Å²) in [6, 6.07) is 12.3. The van der Waals surface area contributed by atoms with Gasteiger partial charge in [0.1, 0.15) is 11.5 Å². The number of benzene rings is 1. The number of carbonyl (C=O) groups excluding carboxylic acids is 1. The van der Waals surface area contributed by atoms with Crippen LogP contribution < -0.4 is 0 Å². The van der Waals surface area contributed by atoms with Crippen LogP contribution in [0, 0.1) is 5.82 Å². The quantitative estimate of drug-likeness (QED) is 0.684. The Balaban J connectivity index is 1.38. The fourth-order valence-corrected chi connectivity index (χ4v) is 3.98. The smallest absolute Gasteiger partial charge is 0.292 e. The number of hydrogen-bond donors (Lipinski definition) is 0. The molecule has 140 valence electrons. The average Bonchev–Trinajstić information content (AvgIpc) is 3.30. The second-order valence-electron chi connectivity index (χ2n) is 6.61. The van der Waals surface area contributed by atoms with Crippen molar-refractivity contribution in [2.24, 2.45) is 0 Å². The molecule has 0 unspecified atom stereocenters. The maximum atomic E-state index is 13.4. The van der Waals surface area contributed by atoms with Gasteiger partial charge >= 0.3 is 0 Å². The third kappa shape index (κ3) is 4.26. The SMILES string of the molecule is O=C(c1cc(-c2cccs2)no1)N1CCCN(Cc2cccc(F)c2)CC1. The lowest BCUT2D eigenvalue weighted by atomic mass is 10.2. The third-order valence-electron chi connectivity index (χ3n) is 4.67. The molecular formula is C20H20FN3O2S. The third-order valence-corrected chi connectivity index (χ3v) is 5.56. The van der Waals surface area contributed by atoms with Gasteiger partial charge in [-0.15, -0.1) is 11.3 Å². The molecule has 3 aromatic rings. The molecule has 0 saturated carbocycles. The summed E-state index contributed by atoms with van der Waals surface area (Å²) in [5.41, 5.74) is 1.64. The number of carbonyl (C=O) groups is 1. The molecule has 3 heterocycles. The minimum absolute atomic E-state index is 0.127. The molecule has 1 aliphatic heterocycles. The highest BCUT2D eigenvalue weighted by Gasteiger charge is 2.24. The van der Waals surface area contributed by atoms with Crippen LogP contribution in [0.25, 0.3) is 10.6 Å². The lowest BCUT2D eigenvalue weighted by molar-refractivity contribution is 0.0719. The lowest BCUT2D eigenvalue weighted by Crippen LogP contribution is -2.34. The molecule has 4 rings (SSSR count). The fraction of sp³-hybridized carbons (Fsp3) is 0.300. The van der Waals surface area contributed by atoms with E-state index in [1.807, 2.05) is 28.5 Å². The van der Waals surface area contributed by atoms with E-state index in [-0.39, 0.29) is 17.5 Å². The van der Waals surface area contributed by atoms with Gasteiger partial charge in [0.15, 0.2) is 0 Å². The summed E-state index contributed by atoms with van der Waals surface area (Å²) in [5.74, 6) is -0.0686. The summed E-state index contributed by atoms with van der Waals surface area (Å²) in [6.07, 6.45) is 0.868. The molecule has 0 bridgehead atoms. The fourth-order valence-electron chi connectivity index (χ4n) is 3.30. The molecule has 0 N–H and O–H groups in total. The van der Waals surface area contributed by atoms with E-state index >= 15 is 0 Å². The zero-order valence-corrected chi connectivity index (χ0v) is 15.6. The Hall–Kier alpha value is -2.51. The maximum Gasteiger partial charge on any atom is 0.292 e. The molecule has 0 radical (unpaired) electrons. The van der Waals surface area contributed by atoms with E-state index in [9.17, 15) is 9.18 Å².